The minimum atomic E-state index is -0.413. The average molecular weight is 413 g/mol. The van der Waals surface area contributed by atoms with Gasteiger partial charge in [-0.25, -0.2) is 4.79 Å². The lowest BCUT2D eigenvalue weighted by atomic mass is 9.69. The molecule has 0 bridgehead atoms. The van der Waals surface area contributed by atoms with Crippen LogP contribution in [0.5, 0.6) is 0 Å². The van der Waals surface area contributed by atoms with E-state index in [-0.39, 0.29) is 24.2 Å². The summed E-state index contributed by atoms with van der Waals surface area (Å²) in [5.41, 5.74) is 4.13. The van der Waals surface area contributed by atoms with Gasteiger partial charge in [0.25, 0.3) is 0 Å². The van der Waals surface area contributed by atoms with Gasteiger partial charge in [0.05, 0.1) is 18.1 Å². The third-order valence-electron chi connectivity index (χ3n) is 6.03. The van der Waals surface area contributed by atoms with E-state index in [0.717, 1.165) is 42.9 Å². The summed E-state index contributed by atoms with van der Waals surface area (Å²) in [4.78, 5) is 32.9. The highest BCUT2D eigenvalue weighted by atomic mass is 16.6. The van der Waals surface area contributed by atoms with Crippen molar-refractivity contribution in [1.82, 2.24) is 0 Å². The number of anilines is 1. The minimum absolute atomic E-state index is 0.160. The number of carbonyl (C=O) groups is 2. The number of benzene rings is 1. The van der Waals surface area contributed by atoms with Crippen molar-refractivity contribution in [3.8, 4) is 0 Å². The Morgan fingerprint density at radius 2 is 1.80 bits per heavy atom. The number of ether oxygens (including phenoxy) is 2. The maximum absolute atomic E-state index is 13.0. The largest absolute Gasteiger partial charge is 0.460 e. The molecule has 0 amide bonds. The standard InChI is InChI=1S/C24H32N2O4/c1-5-26(6-2)18-12-10-17(11-13-18)22-21(24(28)30-15-14-29-4)16(3)25-19-8-7-9-20(27)23(19)22/h10-13,22-23H,5-9,14-15H2,1-4H3/t22-,23?/m0/s1. The van der Waals surface area contributed by atoms with Gasteiger partial charge >= 0.3 is 5.97 Å². The second-order valence-electron chi connectivity index (χ2n) is 7.77. The van der Waals surface area contributed by atoms with Gasteiger partial charge in [-0.3, -0.25) is 9.79 Å². The average Bonchev–Trinajstić information content (AvgIpc) is 2.74. The molecule has 0 spiro atoms. The Hall–Kier alpha value is -2.47. The first-order valence-electron chi connectivity index (χ1n) is 10.8. The molecule has 30 heavy (non-hydrogen) atoms. The zero-order valence-electron chi connectivity index (χ0n) is 18.4. The SMILES string of the molecule is CCN(CC)c1ccc([C@H]2C(C(=O)OCCOC)=C(C)N=C3CCCC(=O)C32)cc1. The summed E-state index contributed by atoms with van der Waals surface area (Å²) < 4.78 is 10.4. The molecule has 6 heteroatoms. The molecule has 0 N–H and O–H groups in total. The van der Waals surface area contributed by atoms with Gasteiger partial charge in [-0.05, 0) is 51.3 Å². The highest BCUT2D eigenvalue weighted by molar-refractivity contribution is 6.11. The number of rotatable bonds is 8. The van der Waals surface area contributed by atoms with Crippen LogP contribution in [-0.4, -0.2) is 50.9 Å². The molecule has 1 fully saturated rings. The molecule has 1 aliphatic heterocycles. The monoisotopic (exact) mass is 412 g/mol. The zero-order valence-corrected chi connectivity index (χ0v) is 18.4. The van der Waals surface area contributed by atoms with Gasteiger partial charge in [-0.1, -0.05) is 12.1 Å². The van der Waals surface area contributed by atoms with Gasteiger partial charge in [0.1, 0.15) is 12.4 Å². The number of hydrogen-bond donors (Lipinski definition) is 0. The van der Waals surface area contributed by atoms with E-state index in [1.807, 2.05) is 19.1 Å². The number of aliphatic imine (C=N–C) groups is 1. The fraction of sp³-hybridized carbons (Fsp3) is 0.542. The van der Waals surface area contributed by atoms with Crippen LogP contribution in [0, 0.1) is 5.92 Å². The predicted molar refractivity (Wildman–Crippen MR) is 118 cm³/mol. The van der Waals surface area contributed by atoms with E-state index in [4.69, 9.17) is 9.47 Å². The number of allylic oxidation sites excluding steroid dienone is 1. The molecule has 0 aromatic heterocycles. The van der Waals surface area contributed by atoms with Gasteiger partial charge in [-0.2, -0.15) is 0 Å². The molecule has 1 unspecified atom stereocenters. The molecule has 1 saturated carbocycles. The lowest BCUT2D eigenvalue weighted by Crippen LogP contribution is -2.39. The summed E-state index contributed by atoms with van der Waals surface area (Å²) in [5, 5.41) is 0. The van der Waals surface area contributed by atoms with E-state index in [9.17, 15) is 9.59 Å². The molecule has 1 aromatic rings. The van der Waals surface area contributed by atoms with Crippen LogP contribution in [0.25, 0.3) is 0 Å². The lowest BCUT2D eigenvalue weighted by Gasteiger charge is -2.35. The van der Waals surface area contributed by atoms with Crippen LogP contribution < -0.4 is 4.90 Å². The highest BCUT2D eigenvalue weighted by Gasteiger charge is 2.43. The molecule has 6 nitrogen and oxygen atoms in total. The zero-order chi connectivity index (χ0) is 21.7. The van der Waals surface area contributed by atoms with Crippen molar-refractivity contribution in [3.05, 3.63) is 41.1 Å². The van der Waals surface area contributed by atoms with Gasteiger partial charge in [0.15, 0.2) is 0 Å². The second kappa shape index (κ2) is 10.0. The molecular formula is C24H32N2O4. The van der Waals surface area contributed by atoms with Crippen molar-refractivity contribution < 1.29 is 19.1 Å². The number of Topliss-reactive ketones (excluding diaryl/α,β-unsaturated/α-hetero) is 1. The molecule has 1 heterocycles. The molecule has 2 atom stereocenters. The molecular weight excluding hydrogens is 380 g/mol. The van der Waals surface area contributed by atoms with Crippen LogP contribution in [0.2, 0.25) is 0 Å². The molecule has 1 aliphatic carbocycles. The first-order valence-corrected chi connectivity index (χ1v) is 10.8. The Kier molecular flexibility index (Phi) is 7.43. The summed E-state index contributed by atoms with van der Waals surface area (Å²) in [6.07, 6.45) is 2.15. The van der Waals surface area contributed by atoms with Gasteiger partial charge < -0.3 is 14.4 Å². The lowest BCUT2D eigenvalue weighted by molar-refractivity contribution is -0.140. The Morgan fingerprint density at radius 1 is 1.10 bits per heavy atom. The summed E-state index contributed by atoms with van der Waals surface area (Å²) >= 11 is 0. The highest BCUT2D eigenvalue weighted by Crippen LogP contribution is 2.43. The van der Waals surface area contributed by atoms with Gasteiger partial charge in [0.2, 0.25) is 0 Å². The number of ketones is 1. The van der Waals surface area contributed by atoms with Crippen molar-refractivity contribution in [2.75, 3.05) is 38.3 Å². The fourth-order valence-electron chi connectivity index (χ4n) is 4.52. The van der Waals surface area contributed by atoms with Crippen molar-refractivity contribution in [2.45, 2.75) is 46.0 Å². The summed E-state index contributed by atoms with van der Waals surface area (Å²) in [6, 6.07) is 8.23. The maximum Gasteiger partial charge on any atom is 0.336 e. The summed E-state index contributed by atoms with van der Waals surface area (Å²) in [7, 11) is 1.57. The number of esters is 1. The Morgan fingerprint density at radius 3 is 2.43 bits per heavy atom. The third kappa shape index (κ3) is 4.48. The maximum atomic E-state index is 13.0. The Balaban J connectivity index is 2.01. The molecule has 3 rings (SSSR count). The first kappa shape index (κ1) is 22.2. The second-order valence-corrected chi connectivity index (χ2v) is 7.77. The van der Waals surface area contributed by atoms with Gasteiger partial charge in [0, 0.05) is 49.6 Å². The number of methoxy groups -OCH3 is 1. The Bertz CT molecular complexity index is 837. The van der Waals surface area contributed by atoms with Crippen LogP contribution in [0.15, 0.2) is 40.5 Å². The molecule has 2 aliphatic rings. The normalized spacial score (nSPS) is 21.2. The quantitative estimate of drug-likeness (QED) is 0.478. The van der Waals surface area contributed by atoms with E-state index in [1.54, 1.807) is 7.11 Å². The van der Waals surface area contributed by atoms with Gasteiger partial charge in [-0.15, -0.1) is 0 Å². The molecule has 162 valence electrons. The number of hydrogen-bond acceptors (Lipinski definition) is 6. The van der Waals surface area contributed by atoms with Crippen LogP contribution >= 0.6 is 0 Å². The van der Waals surface area contributed by atoms with Crippen molar-refractivity contribution >= 4 is 23.2 Å². The van der Waals surface area contributed by atoms with Crippen LogP contribution in [0.4, 0.5) is 5.69 Å². The summed E-state index contributed by atoms with van der Waals surface area (Å²) in [6.45, 7) is 8.45. The Labute approximate surface area is 179 Å². The molecule has 0 radical (unpaired) electrons. The van der Waals surface area contributed by atoms with E-state index in [2.05, 4.69) is 35.9 Å². The van der Waals surface area contributed by atoms with Crippen LogP contribution in [0.1, 0.15) is 51.5 Å². The third-order valence-corrected chi connectivity index (χ3v) is 6.03. The van der Waals surface area contributed by atoms with E-state index < -0.39 is 5.97 Å². The first-order chi connectivity index (χ1) is 14.5. The minimum Gasteiger partial charge on any atom is -0.460 e. The number of fused-ring (bicyclic) bond motifs is 1. The number of carbonyl (C=O) groups excluding carboxylic acids is 2. The van der Waals surface area contributed by atoms with E-state index in [1.165, 1.54) is 0 Å². The molecule has 0 saturated heterocycles. The topological polar surface area (TPSA) is 68.2 Å². The smallest absolute Gasteiger partial charge is 0.336 e. The summed E-state index contributed by atoms with van der Waals surface area (Å²) in [5.74, 6) is -0.992. The van der Waals surface area contributed by atoms with Crippen LogP contribution in [0.3, 0.4) is 0 Å². The van der Waals surface area contributed by atoms with E-state index in [0.29, 0.717) is 24.3 Å². The predicted octanol–water partition coefficient (Wildman–Crippen LogP) is 3.90. The van der Waals surface area contributed by atoms with Crippen molar-refractivity contribution in [2.24, 2.45) is 10.9 Å². The van der Waals surface area contributed by atoms with Crippen LogP contribution in [-0.2, 0) is 19.1 Å². The number of nitrogens with zero attached hydrogens (tertiary/aromatic N) is 2. The molecule has 1 aromatic carbocycles. The van der Waals surface area contributed by atoms with Crippen molar-refractivity contribution in [1.29, 1.82) is 0 Å². The van der Waals surface area contributed by atoms with Crippen molar-refractivity contribution in [3.63, 3.8) is 0 Å². The fourth-order valence-corrected chi connectivity index (χ4v) is 4.52. The van der Waals surface area contributed by atoms with E-state index >= 15 is 0 Å².